The highest BCUT2D eigenvalue weighted by molar-refractivity contribution is 6.25. The van der Waals surface area contributed by atoms with Crippen LogP contribution in [0, 0.1) is 11.8 Å². The number of methoxy groups -OCH3 is 1. The first-order valence-corrected chi connectivity index (χ1v) is 9.14. The van der Waals surface area contributed by atoms with Gasteiger partial charge in [0.2, 0.25) is 17.7 Å². The molecule has 2 saturated heterocycles. The third-order valence-electron chi connectivity index (χ3n) is 6.20. The summed E-state index contributed by atoms with van der Waals surface area (Å²) in [4.78, 5) is 42.9. The molecule has 2 aromatic carbocycles. The van der Waals surface area contributed by atoms with Crippen molar-refractivity contribution in [1.82, 2.24) is 4.90 Å². The van der Waals surface area contributed by atoms with Gasteiger partial charge in [-0.2, -0.15) is 0 Å². The zero-order valence-corrected chi connectivity index (χ0v) is 15.5. The zero-order chi connectivity index (χ0) is 19.6. The van der Waals surface area contributed by atoms with E-state index < -0.39 is 17.4 Å². The lowest BCUT2D eigenvalue weighted by atomic mass is 9.76. The third kappa shape index (κ3) is 1.89. The van der Waals surface area contributed by atoms with Crippen molar-refractivity contribution in [3.8, 4) is 5.75 Å². The zero-order valence-electron chi connectivity index (χ0n) is 15.5. The van der Waals surface area contributed by atoms with Crippen LogP contribution >= 0.6 is 0 Å². The standard InChI is InChI=1S/C21H19N3O4/c1-23-11-14-17(19(26)24(18(14)25)12-6-4-3-5-7-12)21(23)15-10-13(28-2)8-9-16(15)22-20(21)27/h3-10,14,17H,11H2,1-2H3,(H,22,27). The topological polar surface area (TPSA) is 79.0 Å². The molecule has 7 nitrogen and oxygen atoms in total. The van der Waals surface area contributed by atoms with Crippen LogP contribution in [0.5, 0.6) is 5.75 Å². The maximum atomic E-state index is 13.5. The highest BCUT2D eigenvalue weighted by atomic mass is 16.5. The lowest BCUT2D eigenvalue weighted by molar-refractivity contribution is -0.134. The molecule has 3 aliphatic heterocycles. The summed E-state index contributed by atoms with van der Waals surface area (Å²) in [6.45, 7) is 0.336. The molecule has 3 unspecified atom stereocenters. The Morgan fingerprint density at radius 2 is 1.82 bits per heavy atom. The van der Waals surface area contributed by atoms with Crippen molar-refractivity contribution in [2.45, 2.75) is 5.54 Å². The molecule has 2 fully saturated rings. The van der Waals surface area contributed by atoms with E-state index in [-0.39, 0.29) is 17.7 Å². The van der Waals surface area contributed by atoms with Gasteiger partial charge in [-0.3, -0.25) is 19.3 Å². The fourth-order valence-corrected chi connectivity index (χ4v) is 4.99. The smallest absolute Gasteiger partial charge is 0.250 e. The number of fused-ring (bicyclic) bond motifs is 4. The normalized spacial score (nSPS) is 28.6. The molecule has 1 spiro atoms. The first kappa shape index (κ1) is 16.9. The van der Waals surface area contributed by atoms with Gasteiger partial charge in [0.1, 0.15) is 11.3 Å². The Labute approximate surface area is 161 Å². The predicted octanol–water partition coefficient (Wildman–Crippen LogP) is 1.59. The predicted molar refractivity (Wildman–Crippen MR) is 102 cm³/mol. The Bertz CT molecular complexity index is 1020. The Morgan fingerprint density at radius 1 is 1.07 bits per heavy atom. The average molecular weight is 377 g/mol. The van der Waals surface area contributed by atoms with Gasteiger partial charge in [-0.15, -0.1) is 0 Å². The van der Waals surface area contributed by atoms with E-state index in [2.05, 4.69) is 5.32 Å². The maximum Gasteiger partial charge on any atom is 0.250 e. The summed E-state index contributed by atoms with van der Waals surface area (Å²) >= 11 is 0. The van der Waals surface area contributed by atoms with E-state index in [0.29, 0.717) is 29.2 Å². The molecule has 3 aliphatic rings. The van der Waals surface area contributed by atoms with Crippen molar-refractivity contribution in [3.05, 3.63) is 54.1 Å². The minimum absolute atomic E-state index is 0.255. The number of para-hydroxylation sites is 1. The van der Waals surface area contributed by atoms with Gasteiger partial charge in [0, 0.05) is 17.8 Å². The number of nitrogens with one attached hydrogen (secondary N) is 1. The molecule has 28 heavy (non-hydrogen) atoms. The monoisotopic (exact) mass is 377 g/mol. The number of carbonyl (C=O) groups excluding carboxylic acids is 3. The van der Waals surface area contributed by atoms with E-state index in [1.54, 1.807) is 56.6 Å². The fourth-order valence-electron chi connectivity index (χ4n) is 4.99. The summed E-state index contributed by atoms with van der Waals surface area (Å²) < 4.78 is 5.34. The number of likely N-dealkylation sites (tertiary alicyclic amines) is 1. The second-order valence-electron chi connectivity index (χ2n) is 7.44. The first-order chi connectivity index (χ1) is 13.5. The summed E-state index contributed by atoms with van der Waals surface area (Å²) in [5.41, 5.74) is 0.652. The Balaban J connectivity index is 1.68. The Morgan fingerprint density at radius 3 is 2.54 bits per heavy atom. The van der Waals surface area contributed by atoms with Crippen molar-refractivity contribution in [2.75, 3.05) is 30.9 Å². The average Bonchev–Trinajstić information content (AvgIpc) is 3.26. The van der Waals surface area contributed by atoms with Crippen LogP contribution in [0.3, 0.4) is 0 Å². The van der Waals surface area contributed by atoms with Gasteiger partial charge < -0.3 is 10.1 Å². The molecule has 3 heterocycles. The second-order valence-corrected chi connectivity index (χ2v) is 7.44. The molecule has 0 saturated carbocycles. The number of amides is 3. The van der Waals surface area contributed by atoms with Gasteiger partial charge in [-0.05, 0) is 37.4 Å². The fraction of sp³-hybridized carbons (Fsp3) is 0.286. The molecule has 0 aliphatic carbocycles. The molecule has 2 aromatic rings. The lowest BCUT2D eigenvalue weighted by Crippen LogP contribution is -2.52. The van der Waals surface area contributed by atoms with Crippen LogP contribution in [-0.2, 0) is 19.9 Å². The van der Waals surface area contributed by atoms with E-state index in [0.717, 1.165) is 0 Å². The van der Waals surface area contributed by atoms with Crippen LogP contribution < -0.4 is 15.0 Å². The Hall–Kier alpha value is -3.19. The highest BCUT2D eigenvalue weighted by Gasteiger charge is 2.70. The number of ether oxygens (including phenoxy) is 1. The molecular weight excluding hydrogens is 358 g/mol. The summed E-state index contributed by atoms with van der Waals surface area (Å²) in [7, 11) is 3.35. The molecule has 1 N–H and O–H groups in total. The molecule has 3 amide bonds. The van der Waals surface area contributed by atoms with Crippen molar-refractivity contribution >= 4 is 29.1 Å². The highest BCUT2D eigenvalue weighted by Crippen LogP contribution is 2.55. The summed E-state index contributed by atoms with van der Waals surface area (Å²) in [5, 5.41) is 2.90. The van der Waals surface area contributed by atoms with Crippen LogP contribution in [-0.4, -0.2) is 43.3 Å². The van der Waals surface area contributed by atoms with Crippen molar-refractivity contribution in [1.29, 1.82) is 0 Å². The van der Waals surface area contributed by atoms with Crippen LogP contribution in [0.2, 0.25) is 0 Å². The minimum Gasteiger partial charge on any atom is -0.497 e. The molecule has 7 heteroatoms. The molecule has 0 aromatic heterocycles. The minimum atomic E-state index is -1.22. The van der Waals surface area contributed by atoms with Gasteiger partial charge >= 0.3 is 0 Å². The molecule has 5 rings (SSSR count). The number of imide groups is 1. The third-order valence-corrected chi connectivity index (χ3v) is 6.20. The van der Waals surface area contributed by atoms with Gasteiger partial charge in [-0.1, -0.05) is 18.2 Å². The van der Waals surface area contributed by atoms with E-state index in [1.165, 1.54) is 4.90 Å². The number of anilines is 2. The van der Waals surface area contributed by atoms with Crippen LogP contribution in [0.25, 0.3) is 0 Å². The Kier molecular flexibility index (Phi) is 3.42. The van der Waals surface area contributed by atoms with Gasteiger partial charge in [-0.25, -0.2) is 4.90 Å². The van der Waals surface area contributed by atoms with Crippen molar-refractivity contribution in [2.24, 2.45) is 11.8 Å². The lowest BCUT2D eigenvalue weighted by Gasteiger charge is -2.34. The van der Waals surface area contributed by atoms with Crippen LogP contribution in [0.15, 0.2) is 48.5 Å². The second kappa shape index (κ2) is 5.65. The van der Waals surface area contributed by atoms with Gasteiger partial charge in [0.15, 0.2) is 0 Å². The number of likely N-dealkylation sites (N-methyl/N-ethyl adjacent to an activating group) is 1. The number of carbonyl (C=O) groups is 3. The summed E-state index contributed by atoms with van der Waals surface area (Å²) in [6, 6.07) is 14.2. The molecular formula is C21H19N3O4. The molecule has 3 atom stereocenters. The van der Waals surface area contributed by atoms with E-state index in [9.17, 15) is 14.4 Å². The summed E-state index contributed by atoms with van der Waals surface area (Å²) in [5.74, 6) is -1.62. The van der Waals surface area contributed by atoms with E-state index in [1.807, 2.05) is 11.0 Å². The van der Waals surface area contributed by atoms with E-state index in [4.69, 9.17) is 4.74 Å². The quantitative estimate of drug-likeness (QED) is 0.805. The summed E-state index contributed by atoms with van der Waals surface area (Å²) in [6.07, 6.45) is 0. The number of rotatable bonds is 2. The largest absolute Gasteiger partial charge is 0.497 e. The van der Waals surface area contributed by atoms with Gasteiger partial charge in [0.05, 0.1) is 24.6 Å². The number of hydrogen-bond donors (Lipinski definition) is 1. The van der Waals surface area contributed by atoms with Crippen LogP contribution in [0.1, 0.15) is 5.56 Å². The number of benzene rings is 2. The van der Waals surface area contributed by atoms with Crippen molar-refractivity contribution in [3.63, 3.8) is 0 Å². The number of hydrogen-bond acceptors (Lipinski definition) is 5. The van der Waals surface area contributed by atoms with Crippen LogP contribution in [0.4, 0.5) is 11.4 Å². The maximum absolute atomic E-state index is 13.5. The van der Waals surface area contributed by atoms with Gasteiger partial charge in [0.25, 0.3) is 0 Å². The SMILES string of the molecule is COc1ccc2c(c1)C1(C(=O)N2)C2C(=O)N(c3ccccc3)C(=O)C2CN1C. The molecule has 0 radical (unpaired) electrons. The van der Waals surface area contributed by atoms with E-state index >= 15 is 0 Å². The van der Waals surface area contributed by atoms with Crippen molar-refractivity contribution < 1.29 is 19.1 Å². The molecule has 142 valence electrons. The molecule has 0 bridgehead atoms. The number of nitrogens with zero attached hydrogens (tertiary/aromatic N) is 2. The first-order valence-electron chi connectivity index (χ1n) is 9.14.